The maximum atomic E-state index is 11.7. The van der Waals surface area contributed by atoms with E-state index in [4.69, 9.17) is 9.47 Å². The number of hydrogen-bond donors (Lipinski definition) is 1. The summed E-state index contributed by atoms with van der Waals surface area (Å²) in [7, 11) is 0. The molecule has 0 saturated carbocycles. The van der Waals surface area contributed by atoms with Crippen LogP contribution in [0.4, 0.5) is 5.00 Å². The summed E-state index contributed by atoms with van der Waals surface area (Å²) in [6.07, 6.45) is 2.07. The van der Waals surface area contributed by atoms with E-state index < -0.39 is 0 Å². The van der Waals surface area contributed by atoms with E-state index in [1.54, 1.807) is 12.4 Å². The van der Waals surface area contributed by atoms with Crippen LogP contribution in [0.15, 0.2) is 5.51 Å². The van der Waals surface area contributed by atoms with Crippen molar-refractivity contribution in [1.29, 1.82) is 0 Å². The van der Waals surface area contributed by atoms with E-state index in [0.717, 1.165) is 37.6 Å². The van der Waals surface area contributed by atoms with Crippen LogP contribution in [-0.4, -0.2) is 37.3 Å². The zero-order chi connectivity index (χ0) is 13.7. The standard InChI is InChI=1S/C13H20N2O3S/c1-3-18-12(16)10-11(19-9-15-10)14-8-13(2)4-6-17-7-5-13/h9,14H,3-8H2,1-2H3. The number of carbonyl (C=O) groups excluding carboxylic acids is 1. The van der Waals surface area contributed by atoms with E-state index >= 15 is 0 Å². The second-order valence-corrected chi connectivity index (χ2v) is 5.88. The maximum Gasteiger partial charge on any atom is 0.360 e. The lowest BCUT2D eigenvalue weighted by molar-refractivity contribution is 0.0299. The summed E-state index contributed by atoms with van der Waals surface area (Å²) in [5, 5.41) is 4.14. The van der Waals surface area contributed by atoms with Gasteiger partial charge in [-0.05, 0) is 25.2 Å². The second kappa shape index (κ2) is 6.34. The molecule has 19 heavy (non-hydrogen) atoms. The third-order valence-electron chi connectivity index (χ3n) is 3.41. The number of ether oxygens (including phenoxy) is 2. The first-order chi connectivity index (χ1) is 9.14. The molecule has 0 radical (unpaired) electrons. The van der Waals surface area contributed by atoms with Gasteiger partial charge in [-0.2, -0.15) is 0 Å². The van der Waals surface area contributed by atoms with Crippen LogP contribution in [0.25, 0.3) is 0 Å². The lowest BCUT2D eigenvalue weighted by Gasteiger charge is -2.33. The molecule has 0 bridgehead atoms. The van der Waals surface area contributed by atoms with Crippen molar-refractivity contribution in [1.82, 2.24) is 4.98 Å². The number of hydrogen-bond acceptors (Lipinski definition) is 6. The van der Waals surface area contributed by atoms with Gasteiger partial charge in [0.1, 0.15) is 5.00 Å². The number of carbonyl (C=O) groups is 1. The molecule has 1 fully saturated rings. The van der Waals surface area contributed by atoms with Crippen molar-refractivity contribution in [3.8, 4) is 0 Å². The van der Waals surface area contributed by atoms with Gasteiger partial charge in [0.25, 0.3) is 0 Å². The summed E-state index contributed by atoms with van der Waals surface area (Å²) in [6.45, 7) is 6.85. The molecule has 1 saturated heterocycles. The first-order valence-electron chi connectivity index (χ1n) is 6.57. The third-order valence-corrected chi connectivity index (χ3v) is 4.20. The Morgan fingerprint density at radius 3 is 3.00 bits per heavy atom. The molecule has 2 heterocycles. The van der Waals surface area contributed by atoms with Crippen LogP contribution >= 0.6 is 11.3 Å². The zero-order valence-corrected chi connectivity index (χ0v) is 12.2. The number of thiazole rings is 1. The van der Waals surface area contributed by atoms with Crippen molar-refractivity contribution >= 4 is 22.3 Å². The van der Waals surface area contributed by atoms with Crippen molar-refractivity contribution in [3.05, 3.63) is 11.2 Å². The molecule has 0 atom stereocenters. The maximum absolute atomic E-state index is 11.7. The molecular weight excluding hydrogens is 264 g/mol. The Morgan fingerprint density at radius 1 is 1.58 bits per heavy atom. The Morgan fingerprint density at radius 2 is 2.32 bits per heavy atom. The summed E-state index contributed by atoms with van der Waals surface area (Å²) < 4.78 is 10.4. The number of anilines is 1. The molecule has 0 aromatic carbocycles. The molecule has 1 aliphatic rings. The number of nitrogens with one attached hydrogen (secondary N) is 1. The number of esters is 1. The molecule has 6 heteroatoms. The molecule has 0 amide bonds. The minimum absolute atomic E-state index is 0.216. The molecule has 5 nitrogen and oxygen atoms in total. The van der Waals surface area contributed by atoms with Crippen LogP contribution in [0.5, 0.6) is 0 Å². The highest BCUT2D eigenvalue weighted by molar-refractivity contribution is 7.14. The van der Waals surface area contributed by atoms with Gasteiger partial charge in [0.05, 0.1) is 12.1 Å². The Kier molecular flexibility index (Phi) is 4.76. The van der Waals surface area contributed by atoms with Gasteiger partial charge >= 0.3 is 5.97 Å². The second-order valence-electron chi connectivity index (χ2n) is 5.03. The van der Waals surface area contributed by atoms with Crippen molar-refractivity contribution in [2.45, 2.75) is 26.7 Å². The van der Waals surface area contributed by atoms with Crippen molar-refractivity contribution < 1.29 is 14.3 Å². The smallest absolute Gasteiger partial charge is 0.360 e. The Balaban J connectivity index is 1.96. The summed E-state index contributed by atoms with van der Waals surface area (Å²) in [4.78, 5) is 15.8. The highest BCUT2D eigenvalue weighted by atomic mass is 32.1. The molecule has 1 aromatic heterocycles. The van der Waals surface area contributed by atoms with Crippen LogP contribution in [0.2, 0.25) is 0 Å². The quantitative estimate of drug-likeness (QED) is 0.842. The van der Waals surface area contributed by atoms with Gasteiger partial charge in [-0.1, -0.05) is 6.92 Å². The molecule has 0 spiro atoms. The van der Waals surface area contributed by atoms with Gasteiger partial charge in [-0.15, -0.1) is 11.3 Å². The van der Waals surface area contributed by atoms with Gasteiger partial charge < -0.3 is 14.8 Å². The largest absolute Gasteiger partial charge is 0.461 e. The monoisotopic (exact) mass is 284 g/mol. The Hall–Kier alpha value is -1.14. The molecule has 1 N–H and O–H groups in total. The van der Waals surface area contributed by atoms with Gasteiger partial charge in [-0.25, -0.2) is 9.78 Å². The van der Waals surface area contributed by atoms with E-state index in [9.17, 15) is 4.79 Å². The summed E-state index contributed by atoms with van der Waals surface area (Å²) >= 11 is 1.44. The topological polar surface area (TPSA) is 60.5 Å². The molecule has 2 rings (SSSR count). The summed E-state index contributed by atoms with van der Waals surface area (Å²) in [6, 6.07) is 0. The first kappa shape index (κ1) is 14.3. The average Bonchev–Trinajstić information content (AvgIpc) is 2.86. The van der Waals surface area contributed by atoms with Crippen molar-refractivity contribution in [2.75, 3.05) is 31.7 Å². The Bertz CT molecular complexity index is 427. The Labute approximate surface area is 117 Å². The molecule has 1 aliphatic heterocycles. The van der Waals surface area contributed by atoms with Crippen LogP contribution in [0.1, 0.15) is 37.2 Å². The van der Waals surface area contributed by atoms with Gasteiger partial charge in [0.2, 0.25) is 0 Å². The minimum atomic E-state index is -0.358. The molecule has 0 aliphatic carbocycles. The number of rotatable bonds is 5. The SMILES string of the molecule is CCOC(=O)c1ncsc1NCC1(C)CCOCC1. The van der Waals surface area contributed by atoms with Crippen LogP contribution in [0, 0.1) is 5.41 Å². The highest BCUT2D eigenvalue weighted by Crippen LogP contribution is 2.31. The predicted molar refractivity (Wildman–Crippen MR) is 74.7 cm³/mol. The van der Waals surface area contributed by atoms with Crippen LogP contribution in [-0.2, 0) is 9.47 Å². The highest BCUT2D eigenvalue weighted by Gasteiger charge is 2.28. The van der Waals surface area contributed by atoms with Crippen LogP contribution < -0.4 is 5.32 Å². The summed E-state index contributed by atoms with van der Waals surface area (Å²) in [5.74, 6) is -0.358. The minimum Gasteiger partial charge on any atom is -0.461 e. The van der Waals surface area contributed by atoms with E-state index in [1.165, 1.54) is 11.3 Å². The van der Waals surface area contributed by atoms with E-state index in [-0.39, 0.29) is 11.4 Å². The third kappa shape index (κ3) is 3.67. The lowest BCUT2D eigenvalue weighted by atomic mass is 9.82. The predicted octanol–water partition coefficient (Wildman–Crippen LogP) is 2.55. The van der Waals surface area contributed by atoms with Crippen LogP contribution in [0.3, 0.4) is 0 Å². The molecule has 106 valence electrons. The lowest BCUT2D eigenvalue weighted by Crippen LogP contribution is -2.33. The summed E-state index contributed by atoms with van der Waals surface area (Å²) in [5.41, 5.74) is 2.28. The fourth-order valence-electron chi connectivity index (χ4n) is 2.05. The number of aromatic nitrogens is 1. The fraction of sp³-hybridized carbons (Fsp3) is 0.692. The molecule has 0 unspecified atom stereocenters. The normalized spacial score (nSPS) is 18.0. The average molecular weight is 284 g/mol. The van der Waals surface area contributed by atoms with E-state index in [0.29, 0.717) is 12.3 Å². The van der Waals surface area contributed by atoms with Crippen molar-refractivity contribution in [3.63, 3.8) is 0 Å². The number of nitrogens with zero attached hydrogens (tertiary/aromatic N) is 1. The molecule has 1 aromatic rings. The van der Waals surface area contributed by atoms with Gasteiger partial charge in [-0.3, -0.25) is 0 Å². The van der Waals surface area contributed by atoms with Gasteiger partial charge in [0, 0.05) is 19.8 Å². The van der Waals surface area contributed by atoms with Crippen molar-refractivity contribution in [2.24, 2.45) is 5.41 Å². The van der Waals surface area contributed by atoms with E-state index in [1.807, 2.05) is 0 Å². The molecular formula is C13H20N2O3S. The first-order valence-corrected chi connectivity index (χ1v) is 7.45. The van der Waals surface area contributed by atoms with E-state index in [2.05, 4.69) is 17.2 Å². The zero-order valence-electron chi connectivity index (χ0n) is 11.4. The van der Waals surface area contributed by atoms with Gasteiger partial charge in [0.15, 0.2) is 5.69 Å². The fourth-order valence-corrected chi connectivity index (χ4v) is 2.72.